The van der Waals surface area contributed by atoms with Crippen LogP contribution in [0.15, 0.2) is 18.2 Å². The third-order valence-electron chi connectivity index (χ3n) is 11.3. The van der Waals surface area contributed by atoms with Crippen LogP contribution in [-0.2, 0) is 19.1 Å². The number of nitrogens with two attached hydrogens (primary N) is 1. The number of halogens is 1. The summed E-state index contributed by atoms with van der Waals surface area (Å²) in [6, 6.07) is 3.84. The van der Waals surface area contributed by atoms with Gasteiger partial charge in [0.25, 0.3) is 0 Å². The Morgan fingerprint density at radius 1 is 1.08 bits per heavy atom. The predicted octanol–water partition coefficient (Wildman–Crippen LogP) is 4.50. The van der Waals surface area contributed by atoms with Crippen molar-refractivity contribution >= 4 is 40.4 Å². The summed E-state index contributed by atoms with van der Waals surface area (Å²) in [5.41, 5.74) is 6.69. The smallest absolute Gasteiger partial charge is 0.408 e. The number of pyridine rings is 1. The third-order valence-corrected chi connectivity index (χ3v) is 11.6. The molecule has 5 fully saturated rings. The first kappa shape index (κ1) is 35.1. The van der Waals surface area contributed by atoms with E-state index in [1.807, 2.05) is 39.0 Å². The molecule has 3 amide bonds. The quantitative estimate of drug-likeness (QED) is 0.344. The molecule has 5 aliphatic rings. The van der Waals surface area contributed by atoms with E-state index >= 15 is 0 Å². The number of nitrogens with zero attached hydrogens (tertiary/aromatic N) is 3. The number of likely N-dealkylation sites (tertiary alicyclic amines) is 1. The highest BCUT2D eigenvalue weighted by atomic mass is 35.5. The van der Waals surface area contributed by atoms with Gasteiger partial charge in [0.05, 0.1) is 25.3 Å². The molecule has 7 atom stereocenters. The fourth-order valence-corrected chi connectivity index (χ4v) is 8.30. The van der Waals surface area contributed by atoms with Gasteiger partial charge in [-0.3, -0.25) is 19.5 Å². The summed E-state index contributed by atoms with van der Waals surface area (Å²) in [6.45, 7) is 12.4. The van der Waals surface area contributed by atoms with Gasteiger partial charge in [0.1, 0.15) is 47.4 Å². The second kappa shape index (κ2) is 14.0. The zero-order valence-electron chi connectivity index (χ0n) is 29.5. The first-order valence-electron chi connectivity index (χ1n) is 18.2. The van der Waals surface area contributed by atoms with Crippen molar-refractivity contribution in [2.45, 2.75) is 90.0 Å². The van der Waals surface area contributed by atoms with Crippen LogP contribution in [0.3, 0.4) is 0 Å². The normalized spacial score (nSPS) is 28.6. The minimum absolute atomic E-state index is 0.124. The van der Waals surface area contributed by atoms with Crippen LogP contribution in [-0.4, -0.2) is 103 Å². The van der Waals surface area contributed by atoms with E-state index in [1.54, 1.807) is 0 Å². The number of carbonyl (C=O) groups excluding carboxylic acids is 3. The average Bonchev–Trinajstić information content (AvgIpc) is 3.91. The van der Waals surface area contributed by atoms with Gasteiger partial charge in [0.2, 0.25) is 11.8 Å². The van der Waals surface area contributed by atoms with Gasteiger partial charge in [0.15, 0.2) is 0 Å². The SMILES string of the molecule is CC1[C@H]2CC(OC(=O)N[C@H](C(=O)N3CC(Oc4cc(C5CC5)nc5c(Cl)c(OCCN6CCOCC6)ccc45)C[C@H]3C(N)=O)C(C)(C)C)C[C@@H]12. The van der Waals surface area contributed by atoms with Gasteiger partial charge in [-0.1, -0.05) is 39.3 Å². The summed E-state index contributed by atoms with van der Waals surface area (Å²) in [6.07, 6.45) is 2.73. The molecule has 2 saturated heterocycles. The van der Waals surface area contributed by atoms with E-state index < -0.39 is 41.5 Å². The zero-order valence-corrected chi connectivity index (χ0v) is 30.2. The van der Waals surface area contributed by atoms with Gasteiger partial charge in [-0.25, -0.2) is 4.79 Å². The Hall–Kier alpha value is -3.35. The first-order chi connectivity index (χ1) is 23.9. The van der Waals surface area contributed by atoms with Crippen LogP contribution in [0.4, 0.5) is 4.79 Å². The number of rotatable bonds is 11. The lowest BCUT2D eigenvalue weighted by atomic mass is 9.85. The van der Waals surface area contributed by atoms with Crippen molar-refractivity contribution in [1.29, 1.82) is 0 Å². The summed E-state index contributed by atoms with van der Waals surface area (Å²) in [4.78, 5) is 48.6. The molecule has 272 valence electrons. The van der Waals surface area contributed by atoms with Crippen molar-refractivity contribution in [3.05, 3.63) is 28.9 Å². The van der Waals surface area contributed by atoms with Crippen molar-refractivity contribution in [3.63, 3.8) is 0 Å². The Kier molecular flexibility index (Phi) is 9.81. The van der Waals surface area contributed by atoms with Crippen molar-refractivity contribution in [3.8, 4) is 11.5 Å². The molecule has 2 aliphatic heterocycles. The molecular weight excluding hydrogens is 662 g/mol. The molecule has 0 bridgehead atoms. The molecule has 1 aromatic carbocycles. The van der Waals surface area contributed by atoms with Crippen molar-refractivity contribution in [2.24, 2.45) is 28.9 Å². The number of hydrogen-bond donors (Lipinski definition) is 2. The number of aromatic nitrogens is 1. The number of benzene rings is 1. The lowest BCUT2D eigenvalue weighted by Gasteiger charge is -2.35. The van der Waals surface area contributed by atoms with E-state index in [4.69, 9.17) is 41.3 Å². The Bertz CT molecular complexity index is 1610. The summed E-state index contributed by atoms with van der Waals surface area (Å²) in [5.74, 6) is 2.39. The summed E-state index contributed by atoms with van der Waals surface area (Å²) in [5, 5.41) is 3.97. The lowest BCUT2D eigenvalue weighted by Crippen LogP contribution is -2.57. The molecule has 3 heterocycles. The number of hydrogen-bond acceptors (Lipinski definition) is 9. The lowest BCUT2D eigenvalue weighted by molar-refractivity contribution is -0.141. The Labute approximate surface area is 298 Å². The largest absolute Gasteiger partial charge is 0.491 e. The first-order valence-corrected chi connectivity index (χ1v) is 18.5. The number of nitrogens with one attached hydrogen (secondary N) is 1. The topological polar surface area (TPSA) is 146 Å². The number of fused-ring (bicyclic) bond motifs is 2. The Morgan fingerprint density at radius 3 is 2.46 bits per heavy atom. The highest BCUT2D eigenvalue weighted by Gasteiger charge is 2.54. The summed E-state index contributed by atoms with van der Waals surface area (Å²) in [7, 11) is 0. The fraction of sp³-hybridized carbons (Fsp3) is 0.676. The van der Waals surface area contributed by atoms with E-state index in [1.165, 1.54) is 4.90 Å². The van der Waals surface area contributed by atoms with E-state index in [9.17, 15) is 14.4 Å². The second-order valence-electron chi connectivity index (χ2n) is 15.9. The number of morpholine rings is 1. The molecule has 2 aromatic rings. The van der Waals surface area contributed by atoms with Gasteiger partial charge < -0.3 is 34.9 Å². The number of primary amides is 1. The molecule has 3 saturated carbocycles. The number of ether oxygens (including phenoxy) is 4. The predicted molar refractivity (Wildman–Crippen MR) is 187 cm³/mol. The number of carbonyl (C=O) groups is 3. The van der Waals surface area contributed by atoms with Gasteiger partial charge in [-0.15, -0.1) is 0 Å². The maximum Gasteiger partial charge on any atom is 0.408 e. The standard InChI is InChI=1S/C37H50ClN5O7/c1-20-25-15-22(16-26(20)25)50-36(46)41-33(37(2,3)4)35(45)43-19-23(17-28(43)34(39)44)49-30-18-27(21-5-6-21)40-32-24(30)7-8-29(31(32)38)48-14-11-42-9-12-47-13-10-42/h7-8,18,20-23,25-26,28,33H,5-6,9-17,19H2,1-4H3,(H2,39,44)(H,41,46)/t20?,22?,23?,25-,26+,28-,33+/m0/s1. The molecule has 1 aromatic heterocycles. The highest BCUT2D eigenvalue weighted by molar-refractivity contribution is 6.36. The zero-order chi connectivity index (χ0) is 35.3. The molecule has 3 aliphatic carbocycles. The molecule has 3 N–H and O–H groups in total. The minimum Gasteiger partial charge on any atom is -0.491 e. The van der Waals surface area contributed by atoms with E-state index in [0.29, 0.717) is 52.3 Å². The second-order valence-corrected chi connectivity index (χ2v) is 16.3. The van der Waals surface area contributed by atoms with Gasteiger partial charge in [0, 0.05) is 49.1 Å². The Morgan fingerprint density at radius 2 is 1.80 bits per heavy atom. The maximum atomic E-state index is 14.2. The van der Waals surface area contributed by atoms with Gasteiger partial charge in [-0.05, 0) is 61.0 Å². The Balaban J connectivity index is 1.06. The monoisotopic (exact) mass is 711 g/mol. The van der Waals surface area contributed by atoms with E-state index in [-0.39, 0.29) is 19.1 Å². The maximum absolute atomic E-state index is 14.2. The van der Waals surface area contributed by atoms with Crippen LogP contribution in [0.25, 0.3) is 10.9 Å². The molecule has 13 heteroatoms. The number of amides is 3. The van der Waals surface area contributed by atoms with Crippen molar-refractivity contribution in [1.82, 2.24) is 20.1 Å². The van der Waals surface area contributed by atoms with Crippen molar-refractivity contribution < 1.29 is 33.3 Å². The van der Waals surface area contributed by atoms with Crippen molar-refractivity contribution in [2.75, 3.05) is 46.0 Å². The van der Waals surface area contributed by atoms with E-state index in [0.717, 1.165) is 69.6 Å². The molecular formula is C37H50ClN5O7. The fourth-order valence-electron chi connectivity index (χ4n) is 8.04. The van der Waals surface area contributed by atoms with Crippen LogP contribution >= 0.6 is 11.6 Å². The van der Waals surface area contributed by atoms with Crippen LogP contribution in [0.1, 0.15) is 71.4 Å². The minimum atomic E-state index is -0.936. The van der Waals surface area contributed by atoms with E-state index in [2.05, 4.69) is 17.1 Å². The van der Waals surface area contributed by atoms with Crippen LogP contribution < -0.4 is 20.5 Å². The molecule has 7 rings (SSSR count). The van der Waals surface area contributed by atoms with Crippen LogP contribution in [0.5, 0.6) is 11.5 Å². The summed E-state index contributed by atoms with van der Waals surface area (Å²) >= 11 is 6.93. The van der Waals surface area contributed by atoms with Gasteiger partial charge in [-0.2, -0.15) is 0 Å². The molecule has 0 spiro atoms. The summed E-state index contributed by atoms with van der Waals surface area (Å²) < 4.78 is 23.9. The van der Waals surface area contributed by atoms with Crippen LogP contribution in [0, 0.1) is 23.2 Å². The third kappa shape index (κ3) is 7.48. The number of alkyl carbamates (subject to hydrolysis) is 1. The molecule has 3 unspecified atom stereocenters. The van der Waals surface area contributed by atoms with Gasteiger partial charge >= 0.3 is 6.09 Å². The molecule has 0 radical (unpaired) electrons. The van der Waals surface area contributed by atoms with Crippen LogP contribution in [0.2, 0.25) is 5.02 Å². The average molecular weight is 712 g/mol. The molecule has 12 nitrogen and oxygen atoms in total. The highest BCUT2D eigenvalue weighted by Crippen LogP contribution is 2.57. The molecule has 50 heavy (non-hydrogen) atoms.